The van der Waals surface area contributed by atoms with Crippen LogP contribution in [0.15, 0.2) is 54.6 Å². The van der Waals surface area contributed by atoms with Gasteiger partial charge in [0, 0.05) is 23.5 Å². The number of Topliss-reactive ketones (excluding diaryl/α,β-unsaturated/α-hetero) is 1. The highest BCUT2D eigenvalue weighted by Gasteiger charge is 2.17. The molecule has 2 aromatic carbocycles. The average molecular weight is 292 g/mol. The molecule has 0 aliphatic rings. The molecule has 0 bridgehead atoms. The van der Waals surface area contributed by atoms with Crippen molar-refractivity contribution in [3.63, 3.8) is 0 Å². The second kappa shape index (κ2) is 5.85. The Morgan fingerprint density at radius 1 is 1.00 bits per heavy atom. The summed E-state index contributed by atoms with van der Waals surface area (Å²) in [5, 5.41) is 3.76. The van der Waals surface area contributed by atoms with Gasteiger partial charge in [0.1, 0.15) is 0 Å². The molecule has 110 valence electrons. The van der Waals surface area contributed by atoms with Gasteiger partial charge in [0.25, 0.3) is 0 Å². The van der Waals surface area contributed by atoms with E-state index in [9.17, 15) is 9.59 Å². The van der Waals surface area contributed by atoms with Crippen LogP contribution in [0.2, 0.25) is 0 Å². The van der Waals surface area contributed by atoms with Crippen LogP contribution in [0, 0.1) is 0 Å². The second-order valence-electron chi connectivity index (χ2n) is 5.17. The Labute approximate surface area is 128 Å². The molecule has 0 aliphatic heterocycles. The van der Waals surface area contributed by atoms with Gasteiger partial charge in [-0.2, -0.15) is 0 Å². The normalized spacial score (nSPS) is 10.6. The van der Waals surface area contributed by atoms with Crippen LogP contribution in [0.5, 0.6) is 0 Å². The largest absolute Gasteiger partial charge is 0.352 e. The van der Waals surface area contributed by atoms with Gasteiger partial charge >= 0.3 is 0 Å². The van der Waals surface area contributed by atoms with Gasteiger partial charge in [-0.15, -0.1) is 0 Å². The quantitative estimate of drug-likeness (QED) is 0.722. The van der Waals surface area contributed by atoms with E-state index in [1.54, 1.807) is 0 Å². The average Bonchev–Trinajstić information content (AvgIpc) is 2.87. The molecular weight excluding hydrogens is 276 g/mol. The van der Waals surface area contributed by atoms with Gasteiger partial charge in [-0.05, 0) is 23.8 Å². The highest BCUT2D eigenvalue weighted by atomic mass is 16.1. The molecule has 0 fully saturated rings. The maximum Gasteiger partial charge on any atom is 0.228 e. The van der Waals surface area contributed by atoms with E-state index in [0.717, 1.165) is 22.2 Å². The summed E-state index contributed by atoms with van der Waals surface area (Å²) >= 11 is 0. The number of carbonyl (C=O) groups excluding carboxylic acids is 2. The molecule has 1 heterocycles. The number of nitrogens with one attached hydrogen (secondary N) is 2. The topological polar surface area (TPSA) is 62.0 Å². The number of benzene rings is 2. The molecule has 0 radical (unpaired) electrons. The van der Waals surface area contributed by atoms with Gasteiger partial charge in [-0.25, -0.2) is 0 Å². The van der Waals surface area contributed by atoms with E-state index in [-0.39, 0.29) is 18.1 Å². The van der Waals surface area contributed by atoms with Gasteiger partial charge in [0.2, 0.25) is 5.91 Å². The van der Waals surface area contributed by atoms with Crippen molar-refractivity contribution < 1.29 is 9.59 Å². The van der Waals surface area contributed by atoms with Gasteiger partial charge in [0.15, 0.2) is 5.78 Å². The molecule has 1 aromatic heterocycles. The van der Waals surface area contributed by atoms with Crippen molar-refractivity contribution in [2.24, 2.45) is 0 Å². The van der Waals surface area contributed by atoms with Crippen LogP contribution in [0.1, 0.15) is 23.0 Å². The van der Waals surface area contributed by atoms with Gasteiger partial charge < -0.3 is 10.3 Å². The van der Waals surface area contributed by atoms with E-state index < -0.39 is 0 Å². The Bertz CT molecular complexity index is 835. The molecule has 4 heteroatoms. The highest BCUT2D eigenvalue weighted by molar-refractivity contribution is 6.04. The fourth-order valence-electron chi connectivity index (χ4n) is 2.57. The molecule has 1 amide bonds. The first-order chi connectivity index (χ1) is 10.6. The zero-order valence-corrected chi connectivity index (χ0v) is 12.2. The van der Waals surface area contributed by atoms with Crippen molar-refractivity contribution in [1.82, 2.24) is 4.98 Å². The Morgan fingerprint density at radius 2 is 1.68 bits per heavy atom. The molecular formula is C18H16N2O2. The molecule has 0 aliphatic carbocycles. The molecule has 3 rings (SSSR count). The summed E-state index contributed by atoms with van der Waals surface area (Å²) in [5.74, 6) is -0.211. The van der Waals surface area contributed by atoms with Crippen LogP contribution in [-0.2, 0) is 11.2 Å². The SMILES string of the molecule is CC(=O)c1[nH]c2ccccc2c1CC(=O)Nc1ccccc1. The summed E-state index contributed by atoms with van der Waals surface area (Å²) < 4.78 is 0. The van der Waals surface area contributed by atoms with E-state index in [2.05, 4.69) is 10.3 Å². The van der Waals surface area contributed by atoms with Crippen molar-refractivity contribution in [2.45, 2.75) is 13.3 Å². The number of rotatable bonds is 4. The summed E-state index contributed by atoms with van der Waals surface area (Å²) in [7, 11) is 0. The van der Waals surface area contributed by atoms with Crippen LogP contribution in [0.25, 0.3) is 10.9 Å². The van der Waals surface area contributed by atoms with Crippen LogP contribution >= 0.6 is 0 Å². The Kier molecular flexibility index (Phi) is 3.74. The number of anilines is 1. The van der Waals surface area contributed by atoms with Crippen LogP contribution in [0.3, 0.4) is 0 Å². The van der Waals surface area contributed by atoms with Crippen molar-refractivity contribution >= 4 is 28.3 Å². The predicted molar refractivity (Wildman–Crippen MR) is 87.1 cm³/mol. The molecule has 3 aromatic rings. The Balaban J connectivity index is 1.91. The Hall–Kier alpha value is -2.88. The van der Waals surface area contributed by atoms with Crippen molar-refractivity contribution in [3.05, 3.63) is 65.9 Å². The first-order valence-corrected chi connectivity index (χ1v) is 7.10. The fraction of sp³-hybridized carbons (Fsp3) is 0.111. The van der Waals surface area contributed by atoms with E-state index in [0.29, 0.717) is 5.69 Å². The summed E-state index contributed by atoms with van der Waals surface area (Å²) in [6.07, 6.45) is 0.161. The number of fused-ring (bicyclic) bond motifs is 1. The lowest BCUT2D eigenvalue weighted by atomic mass is 10.1. The molecule has 0 spiro atoms. The minimum Gasteiger partial charge on any atom is -0.352 e. The van der Waals surface area contributed by atoms with Gasteiger partial charge in [-0.1, -0.05) is 36.4 Å². The van der Waals surface area contributed by atoms with Gasteiger partial charge in [-0.3, -0.25) is 9.59 Å². The van der Waals surface area contributed by atoms with Crippen molar-refractivity contribution in [3.8, 4) is 0 Å². The second-order valence-corrected chi connectivity index (χ2v) is 5.17. The van der Waals surface area contributed by atoms with Gasteiger partial charge in [0.05, 0.1) is 12.1 Å². The molecule has 0 saturated carbocycles. The lowest BCUT2D eigenvalue weighted by Gasteiger charge is -2.05. The predicted octanol–water partition coefficient (Wildman–Crippen LogP) is 3.55. The lowest BCUT2D eigenvalue weighted by molar-refractivity contribution is -0.115. The number of amides is 1. The first-order valence-electron chi connectivity index (χ1n) is 7.10. The number of para-hydroxylation sites is 2. The fourth-order valence-corrected chi connectivity index (χ4v) is 2.57. The monoisotopic (exact) mass is 292 g/mol. The molecule has 0 atom stereocenters. The lowest BCUT2D eigenvalue weighted by Crippen LogP contribution is -2.15. The number of aromatic nitrogens is 1. The minimum atomic E-state index is -0.140. The number of aromatic amines is 1. The number of H-pyrrole nitrogens is 1. The Morgan fingerprint density at radius 3 is 2.41 bits per heavy atom. The zero-order chi connectivity index (χ0) is 15.5. The summed E-state index contributed by atoms with van der Waals surface area (Å²) in [6.45, 7) is 1.50. The molecule has 0 unspecified atom stereocenters. The standard InChI is InChI=1S/C18H16N2O2/c1-12(21)18-15(14-9-5-6-10-16(14)20-18)11-17(22)19-13-7-3-2-4-8-13/h2-10,20H,11H2,1H3,(H,19,22). The van der Waals surface area contributed by atoms with E-state index >= 15 is 0 Å². The van der Waals surface area contributed by atoms with Crippen LogP contribution < -0.4 is 5.32 Å². The van der Waals surface area contributed by atoms with E-state index in [1.807, 2.05) is 54.6 Å². The number of hydrogen-bond acceptors (Lipinski definition) is 2. The van der Waals surface area contributed by atoms with Crippen LogP contribution in [-0.4, -0.2) is 16.7 Å². The van der Waals surface area contributed by atoms with Crippen LogP contribution in [0.4, 0.5) is 5.69 Å². The first kappa shape index (κ1) is 14.1. The number of ketones is 1. The third-order valence-electron chi connectivity index (χ3n) is 3.56. The maximum absolute atomic E-state index is 12.3. The van der Waals surface area contributed by atoms with E-state index in [4.69, 9.17) is 0 Å². The third kappa shape index (κ3) is 2.76. The summed E-state index contributed by atoms with van der Waals surface area (Å²) in [4.78, 5) is 27.2. The van der Waals surface area contributed by atoms with Crippen molar-refractivity contribution in [1.29, 1.82) is 0 Å². The van der Waals surface area contributed by atoms with Crippen molar-refractivity contribution in [2.75, 3.05) is 5.32 Å². The summed E-state index contributed by atoms with van der Waals surface area (Å²) in [5.41, 5.74) is 2.87. The molecule has 2 N–H and O–H groups in total. The molecule has 4 nitrogen and oxygen atoms in total. The number of hydrogen-bond donors (Lipinski definition) is 2. The third-order valence-corrected chi connectivity index (χ3v) is 3.56. The molecule has 22 heavy (non-hydrogen) atoms. The highest BCUT2D eigenvalue weighted by Crippen LogP contribution is 2.23. The van der Waals surface area contributed by atoms with E-state index in [1.165, 1.54) is 6.92 Å². The maximum atomic E-state index is 12.3. The zero-order valence-electron chi connectivity index (χ0n) is 12.2. The minimum absolute atomic E-state index is 0.0706. The summed E-state index contributed by atoms with van der Waals surface area (Å²) in [6, 6.07) is 16.9. The number of carbonyl (C=O) groups is 2. The smallest absolute Gasteiger partial charge is 0.228 e. The molecule has 0 saturated heterocycles.